The number of aromatic nitrogens is 3. The molecule has 1 saturated heterocycles. The van der Waals surface area contributed by atoms with E-state index in [9.17, 15) is 27.6 Å². The Morgan fingerprint density at radius 2 is 1.70 bits per heavy atom. The molecule has 3 N–H and O–H groups in total. The molecule has 4 heterocycles. The van der Waals surface area contributed by atoms with Crippen molar-refractivity contribution in [3.63, 3.8) is 0 Å². The number of hydrogen-bond acceptors (Lipinski definition) is 10. The molecule has 1 aliphatic carbocycles. The van der Waals surface area contributed by atoms with Gasteiger partial charge in [-0.25, -0.2) is 18.4 Å². The Balaban J connectivity index is 1.24. The number of ether oxygens (including phenoxy) is 1. The summed E-state index contributed by atoms with van der Waals surface area (Å²) in [7, 11) is -3.93. The third-order valence-electron chi connectivity index (χ3n) is 10.9. The van der Waals surface area contributed by atoms with Crippen molar-refractivity contribution in [2.75, 3.05) is 6.54 Å². The molecule has 56 heavy (non-hydrogen) atoms. The maximum absolute atomic E-state index is 14.7. The first-order valence-electron chi connectivity index (χ1n) is 19.3. The lowest BCUT2D eigenvalue weighted by Gasteiger charge is -2.34. The van der Waals surface area contributed by atoms with Crippen LogP contribution in [-0.4, -0.2) is 87.4 Å². The van der Waals surface area contributed by atoms with Crippen LogP contribution in [0.4, 0.5) is 0 Å². The number of allylic oxidation sites excluding steroid dienone is 1. The molecule has 0 bridgehead atoms. The van der Waals surface area contributed by atoms with Crippen molar-refractivity contribution in [1.29, 1.82) is 0 Å². The second kappa shape index (κ2) is 16.3. The molecule has 4 aromatic rings. The number of hydrogen-bond donors (Lipinski definition) is 3. The number of carbonyl (C=O) groups is 4. The number of nitrogens with one attached hydrogen (secondary N) is 3. The predicted molar refractivity (Wildman–Crippen MR) is 210 cm³/mol. The number of nitrogens with zero attached hydrogens (tertiary/aromatic N) is 4. The Kier molecular flexibility index (Phi) is 11.3. The molecule has 14 nitrogen and oxygen atoms in total. The second-order valence-corrected chi connectivity index (χ2v) is 16.9. The van der Waals surface area contributed by atoms with Crippen molar-refractivity contribution in [1.82, 2.24) is 35.2 Å². The van der Waals surface area contributed by atoms with E-state index >= 15 is 0 Å². The molecular weight excluding hydrogens is 735 g/mol. The average molecular weight is 782 g/mol. The fourth-order valence-corrected chi connectivity index (χ4v) is 8.86. The molecule has 2 aromatic heterocycles. The maximum atomic E-state index is 14.7. The highest BCUT2D eigenvalue weighted by Gasteiger charge is 2.48. The van der Waals surface area contributed by atoms with Gasteiger partial charge >= 0.3 is 0 Å². The molecule has 4 unspecified atom stereocenters. The van der Waals surface area contributed by atoms with Crippen LogP contribution in [0.1, 0.15) is 87.3 Å². The first-order chi connectivity index (χ1) is 27.0. The summed E-state index contributed by atoms with van der Waals surface area (Å²) in [6, 6.07) is 13.3. The number of sulfonamides is 1. The summed E-state index contributed by atoms with van der Waals surface area (Å²) in [6.07, 6.45) is 10.1. The molecule has 2 aliphatic heterocycles. The zero-order chi connectivity index (χ0) is 39.5. The van der Waals surface area contributed by atoms with E-state index in [0.29, 0.717) is 43.7 Å². The van der Waals surface area contributed by atoms with Gasteiger partial charge in [0, 0.05) is 23.4 Å². The molecule has 2 fully saturated rings. The van der Waals surface area contributed by atoms with Crippen LogP contribution in [0.5, 0.6) is 5.88 Å². The van der Waals surface area contributed by atoms with E-state index in [1.807, 2.05) is 54.6 Å². The largest absolute Gasteiger partial charge is 0.472 e. The number of aryl methyl sites for hydroxylation is 1. The summed E-state index contributed by atoms with van der Waals surface area (Å²) >= 11 is 0. The van der Waals surface area contributed by atoms with E-state index in [4.69, 9.17) is 9.72 Å². The van der Waals surface area contributed by atoms with E-state index in [-0.39, 0.29) is 31.5 Å². The number of rotatable bonds is 8. The van der Waals surface area contributed by atoms with E-state index < -0.39 is 62.6 Å². The Labute approximate surface area is 325 Å². The Morgan fingerprint density at radius 3 is 2.43 bits per heavy atom. The van der Waals surface area contributed by atoms with Gasteiger partial charge in [0.2, 0.25) is 27.7 Å². The average Bonchev–Trinajstić information content (AvgIpc) is 3.98. The molecule has 4 amide bonds. The quantitative estimate of drug-likeness (QED) is 0.171. The number of para-hydroxylation sites is 1. The van der Waals surface area contributed by atoms with E-state index in [1.54, 1.807) is 19.9 Å². The molecule has 294 valence electrons. The number of pyridine rings is 1. The monoisotopic (exact) mass is 781 g/mol. The first kappa shape index (κ1) is 38.8. The Hall–Kier alpha value is -5.44. The molecule has 7 rings (SSSR count). The van der Waals surface area contributed by atoms with Gasteiger partial charge in [0.15, 0.2) is 0 Å². The van der Waals surface area contributed by atoms with Crippen molar-refractivity contribution in [2.24, 2.45) is 0 Å². The van der Waals surface area contributed by atoms with Crippen LogP contribution >= 0.6 is 0 Å². The minimum atomic E-state index is -3.93. The third-order valence-corrected chi connectivity index (χ3v) is 12.7. The molecule has 2 aromatic carbocycles. The number of amides is 4. The van der Waals surface area contributed by atoms with Gasteiger partial charge in [0.1, 0.15) is 29.4 Å². The molecule has 1 saturated carbocycles. The van der Waals surface area contributed by atoms with Crippen LogP contribution in [0.2, 0.25) is 0 Å². The standard InChI is InChI=1S/C41H47N7O7S/c1-3-41(40(52)47-56(53,54)28-19-20-28)21-13-7-5-4-6-8-18-33(44-36(49)34-24-42-26(2)23-43-34)39(51)48-25-27(22-35(48)37(50)46-41)55-38-31-16-10-9-14-29(31)30-15-11-12-17-32(30)45-38/h7,9-17,23-24,27-28,33,35H,3-6,8,18-22,25H2,1-2H3,(H,44,49)(H,46,50)(H,47,52). The summed E-state index contributed by atoms with van der Waals surface area (Å²) in [4.78, 5) is 71.3. The van der Waals surface area contributed by atoms with E-state index in [2.05, 4.69) is 25.3 Å². The minimum Gasteiger partial charge on any atom is -0.472 e. The van der Waals surface area contributed by atoms with Crippen molar-refractivity contribution >= 4 is 55.3 Å². The van der Waals surface area contributed by atoms with Gasteiger partial charge in [-0.05, 0) is 69.4 Å². The van der Waals surface area contributed by atoms with Crippen LogP contribution in [0.25, 0.3) is 21.7 Å². The Bertz CT molecular complexity index is 2280. The van der Waals surface area contributed by atoms with Gasteiger partial charge in [-0.1, -0.05) is 68.3 Å². The normalized spacial score (nSPS) is 23.8. The summed E-state index contributed by atoms with van der Waals surface area (Å²) in [5.41, 5.74) is -0.224. The SMILES string of the molecule is CCC1(C(=O)NS(=O)(=O)C2CC2)CC=CCCCCCC(NC(=O)c2cnc(C)cn2)C(=O)N2CC(Oc3nc4ccccc4c4ccccc34)CC2C(=O)N1. The van der Waals surface area contributed by atoms with Gasteiger partial charge < -0.3 is 20.3 Å². The summed E-state index contributed by atoms with van der Waals surface area (Å²) < 4.78 is 34.8. The molecule has 0 radical (unpaired) electrons. The van der Waals surface area contributed by atoms with Crippen LogP contribution in [0, 0.1) is 6.92 Å². The maximum Gasteiger partial charge on any atom is 0.272 e. The van der Waals surface area contributed by atoms with Gasteiger partial charge in [0.05, 0.1) is 29.2 Å². The van der Waals surface area contributed by atoms with Crippen LogP contribution in [0.15, 0.2) is 73.1 Å². The number of fused-ring (bicyclic) bond motifs is 4. The van der Waals surface area contributed by atoms with Crippen LogP contribution in [-0.2, 0) is 24.4 Å². The predicted octanol–water partition coefficient (Wildman–Crippen LogP) is 4.42. The van der Waals surface area contributed by atoms with Crippen molar-refractivity contribution < 1.29 is 32.3 Å². The topological polar surface area (TPSA) is 190 Å². The lowest BCUT2D eigenvalue weighted by Crippen LogP contribution is -2.63. The number of benzene rings is 2. The summed E-state index contributed by atoms with van der Waals surface area (Å²) in [5.74, 6) is -2.18. The molecule has 3 aliphatic rings. The lowest BCUT2D eigenvalue weighted by molar-refractivity contribution is -0.142. The highest BCUT2D eigenvalue weighted by Crippen LogP contribution is 2.34. The smallest absolute Gasteiger partial charge is 0.272 e. The van der Waals surface area contributed by atoms with Crippen molar-refractivity contribution in [3.05, 3.63) is 84.5 Å². The molecule has 15 heteroatoms. The fraction of sp³-hybridized carbons (Fsp3) is 0.439. The van der Waals surface area contributed by atoms with Crippen molar-refractivity contribution in [3.8, 4) is 5.88 Å². The van der Waals surface area contributed by atoms with Gasteiger partial charge in [0.25, 0.3) is 11.8 Å². The van der Waals surface area contributed by atoms with Gasteiger partial charge in [-0.3, -0.25) is 28.9 Å². The minimum absolute atomic E-state index is 0.0161. The summed E-state index contributed by atoms with van der Waals surface area (Å²) in [6.45, 7) is 3.45. The van der Waals surface area contributed by atoms with Gasteiger partial charge in [-0.2, -0.15) is 0 Å². The van der Waals surface area contributed by atoms with Crippen LogP contribution < -0.4 is 20.1 Å². The summed E-state index contributed by atoms with van der Waals surface area (Å²) in [5, 5.41) is 7.78. The van der Waals surface area contributed by atoms with Gasteiger partial charge in [-0.15, -0.1) is 0 Å². The third kappa shape index (κ3) is 8.37. The fourth-order valence-electron chi connectivity index (χ4n) is 7.49. The van der Waals surface area contributed by atoms with Crippen molar-refractivity contribution in [2.45, 2.75) is 107 Å². The Morgan fingerprint density at radius 1 is 0.946 bits per heavy atom. The highest BCUT2D eigenvalue weighted by molar-refractivity contribution is 7.91. The molecule has 0 spiro atoms. The number of carbonyl (C=O) groups excluding carboxylic acids is 4. The highest BCUT2D eigenvalue weighted by atomic mass is 32.2. The zero-order valence-corrected chi connectivity index (χ0v) is 32.4. The van der Waals surface area contributed by atoms with Crippen LogP contribution in [0.3, 0.4) is 0 Å². The lowest BCUT2D eigenvalue weighted by atomic mass is 9.90. The molecular formula is C41H47N7O7S. The first-order valence-corrected chi connectivity index (χ1v) is 20.9. The zero-order valence-electron chi connectivity index (χ0n) is 31.6. The second-order valence-electron chi connectivity index (χ2n) is 14.9. The van der Waals surface area contributed by atoms with E-state index in [1.165, 1.54) is 17.3 Å². The molecule has 4 atom stereocenters. The van der Waals surface area contributed by atoms with E-state index in [0.717, 1.165) is 34.5 Å².